The Morgan fingerprint density at radius 2 is 1.42 bits per heavy atom. The van der Waals surface area contributed by atoms with Crippen LogP contribution in [0.2, 0.25) is 19.6 Å². The van der Waals surface area contributed by atoms with Gasteiger partial charge in [-0.2, -0.15) is 11.3 Å². The summed E-state index contributed by atoms with van der Waals surface area (Å²) in [5.41, 5.74) is 15.7. The molecule has 7 heteroatoms. The van der Waals surface area contributed by atoms with Crippen LogP contribution < -0.4 is 5.19 Å². The molecular formula is C55H55IrN3S2Si-2. The van der Waals surface area contributed by atoms with E-state index in [1.165, 1.54) is 59.9 Å². The summed E-state index contributed by atoms with van der Waals surface area (Å²) in [7, 11) is -1.34. The molecule has 0 amide bonds. The van der Waals surface area contributed by atoms with Crippen LogP contribution in [0.5, 0.6) is 0 Å². The van der Waals surface area contributed by atoms with Crippen LogP contribution in [-0.4, -0.2) is 22.6 Å². The number of thiophene rings is 2. The fourth-order valence-electron chi connectivity index (χ4n) is 8.27. The molecule has 317 valence electrons. The summed E-state index contributed by atoms with van der Waals surface area (Å²) in [5, 5.41) is 10.7. The van der Waals surface area contributed by atoms with Crippen molar-refractivity contribution in [3.05, 3.63) is 166 Å². The standard InChI is InChI=1S/C37H31N2S2.C18H24NSi.Ir/c1-23(2)29-19-28(25-10-6-5-7-11-25)20-30(24(3)4)36(29)39-34-13-9-8-12-33(34)38-37(39)32-22-41-35-15-14-26(18-31(32)35)27-16-17-40-21-27;1-14(2)11-16-12-17(15-9-7-6-8-10-15)19-13-18(16)20(3,4)5;/h5-21,23-24H,1-4H3;6-9,12-14H,11H2,1-5H3;/q2*-1;. The molecule has 62 heavy (non-hydrogen) atoms. The number of hydrogen-bond donors (Lipinski definition) is 0. The maximum atomic E-state index is 5.30. The third-order valence-electron chi connectivity index (χ3n) is 11.3. The number of nitrogens with zero attached hydrogens (tertiary/aromatic N) is 3. The average molecular weight is 1040 g/mol. The normalized spacial score (nSPS) is 11.7. The van der Waals surface area contributed by atoms with Gasteiger partial charge in [-0.25, -0.2) is 0 Å². The molecule has 0 spiro atoms. The Hall–Kier alpha value is -4.75. The predicted octanol–water partition coefficient (Wildman–Crippen LogP) is 15.6. The molecule has 0 fully saturated rings. The molecule has 5 aromatic carbocycles. The summed E-state index contributed by atoms with van der Waals surface area (Å²) in [5.74, 6) is 2.28. The van der Waals surface area contributed by atoms with Crippen LogP contribution in [-0.2, 0) is 26.5 Å². The minimum absolute atomic E-state index is 0. The molecule has 4 heterocycles. The van der Waals surface area contributed by atoms with E-state index in [2.05, 4.69) is 202 Å². The molecule has 9 rings (SSSR count). The van der Waals surface area contributed by atoms with Crippen molar-refractivity contribution in [3.8, 4) is 50.6 Å². The predicted molar refractivity (Wildman–Crippen MR) is 268 cm³/mol. The van der Waals surface area contributed by atoms with Gasteiger partial charge in [0.15, 0.2) is 0 Å². The van der Waals surface area contributed by atoms with Crippen molar-refractivity contribution in [2.45, 2.75) is 79.4 Å². The Bertz CT molecular complexity index is 2870. The van der Waals surface area contributed by atoms with E-state index >= 15 is 0 Å². The van der Waals surface area contributed by atoms with E-state index in [4.69, 9.17) is 4.98 Å². The summed E-state index contributed by atoms with van der Waals surface area (Å²) in [6, 6.07) is 46.6. The van der Waals surface area contributed by atoms with E-state index in [9.17, 15) is 0 Å². The molecule has 0 N–H and O–H groups in total. The molecule has 1 radical (unpaired) electrons. The van der Waals surface area contributed by atoms with Gasteiger partial charge in [-0.3, -0.25) is 16.3 Å². The molecule has 0 bridgehead atoms. The van der Waals surface area contributed by atoms with Gasteiger partial charge in [0.2, 0.25) is 0 Å². The quantitative estimate of drug-likeness (QED) is 0.101. The second kappa shape index (κ2) is 19.3. The van der Waals surface area contributed by atoms with Crippen molar-refractivity contribution >= 4 is 57.1 Å². The van der Waals surface area contributed by atoms with Gasteiger partial charge in [0.1, 0.15) is 0 Å². The number of aromatic nitrogens is 3. The van der Waals surface area contributed by atoms with Gasteiger partial charge in [0.25, 0.3) is 0 Å². The number of benzene rings is 5. The molecule has 0 atom stereocenters. The molecular weight excluding hydrogens is 987 g/mol. The molecule has 0 saturated carbocycles. The number of fused-ring (bicyclic) bond motifs is 2. The zero-order valence-electron chi connectivity index (χ0n) is 37.2. The number of rotatable bonds is 10. The molecule has 9 aromatic rings. The topological polar surface area (TPSA) is 30.7 Å². The first-order chi connectivity index (χ1) is 29.4. The average Bonchev–Trinajstić information content (AvgIpc) is 4.03. The molecule has 3 nitrogen and oxygen atoms in total. The van der Waals surface area contributed by atoms with Gasteiger partial charge in [0, 0.05) is 32.0 Å². The smallest absolute Gasteiger partial charge is 0.0798 e. The molecule has 4 aromatic heterocycles. The van der Waals surface area contributed by atoms with Crippen molar-refractivity contribution in [2.24, 2.45) is 5.92 Å². The fraction of sp³-hybridized carbons (Fsp3) is 0.236. The summed E-state index contributed by atoms with van der Waals surface area (Å²) >= 11 is 3.40. The summed E-state index contributed by atoms with van der Waals surface area (Å²) in [4.78, 5) is 9.98. The van der Waals surface area contributed by atoms with Crippen molar-refractivity contribution in [2.75, 3.05) is 0 Å². The minimum atomic E-state index is -1.34. The fourth-order valence-corrected chi connectivity index (χ4v) is 11.3. The summed E-state index contributed by atoms with van der Waals surface area (Å²) in [6.45, 7) is 20.9. The number of para-hydroxylation sites is 2. The van der Waals surface area contributed by atoms with Gasteiger partial charge >= 0.3 is 0 Å². The maximum absolute atomic E-state index is 5.30. The SMILES string of the molecule is CC(C)Cc1cc(-c2[c-]cccc2)ncc1[Si](C)(C)C.CC(C)c1cc(-c2ccccc2)cc(C(C)C)c1-n1c(-c2[c-]sc3ccc(-c4ccsc4)cc23)nc2ccccc21.[Ir]. The van der Waals surface area contributed by atoms with E-state index in [0.717, 1.165) is 40.1 Å². The largest absolute Gasteiger partial charge is 0.333 e. The first-order valence-electron chi connectivity index (χ1n) is 21.5. The van der Waals surface area contributed by atoms with Crippen molar-refractivity contribution < 1.29 is 20.1 Å². The van der Waals surface area contributed by atoms with Crippen LogP contribution in [0.1, 0.15) is 70.1 Å². The monoisotopic (exact) mass is 1040 g/mol. The second-order valence-corrected chi connectivity index (χ2v) is 24.8. The zero-order valence-corrected chi connectivity index (χ0v) is 42.2. The minimum Gasteiger partial charge on any atom is -0.333 e. The Labute approximate surface area is 391 Å². The van der Waals surface area contributed by atoms with Crippen LogP contribution in [0.25, 0.3) is 71.7 Å². The van der Waals surface area contributed by atoms with E-state index < -0.39 is 8.07 Å². The van der Waals surface area contributed by atoms with Gasteiger partial charge in [-0.15, -0.1) is 41.3 Å². The van der Waals surface area contributed by atoms with Gasteiger partial charge < -0.3 is 9.55 Å². The van der Waals surface area contributed by atoms with Crippen LogP contribution in [0, 0.1) is 17.4 Å². The van der Waals surface area contributed by atoms with Crippen LogP contribution in [0.3, 0.4) is 0 Å². The molecule has 0 aliphatic rings. The second-order valence-electron chi connectivity index (χ2n) is 18.1. The molecule has 0 unspecified atom stereocenters. The molecule has 0 aliphatic heterocycles. The Morgan fingerprint density at radius 1 is 0.710 bits per heavy atom. The van der Waals surface area contributed by atoms with E-state index in [1.807, 2.05) is 18.2 Å². The van der Waals surface area contributed by atoms with Gasteiger partial charge in [-0.05, 0) is 110 Å². The van der Waals surface area contributed by atoms with Gasteiger partial charge in [-0.1, -0.05) is 149 Å². The van der Waals surface area contributed by atoms with E-state index in [1.54, 1.807) is 22.7 Å². The van der Waals surface area contributed by atoms with Crippen LogP contribution in [0.15, 0.2) is 138 Å². The summed E-state index contributed by atoms with van der Waals surface area (Å²) in [6.07, 6.45) is 3.24. The first-order valence-corrected chi connectivity index (χ1v) is 26.8. The zero-order chi connectivity index (χ0) is 42.8. The van der Waals surface area contributed by atoms with E-state index in [-0.39, 0.29) is 20.1 Å². The number of imidazole rings is 1. The third-order valence-corrected chi connectivity index (χ3v) is 14.9. The van der Waals surface area contributed by atoms with Gasteiger partial charge in [0.05, 0.1) is 24.9 Å². The van der Waals surface area contributed by atoms with Crippen LogP contribution >= 0.6 is 22.7 Å². The Kier molecular flexibility index (Phi) is 14.1. The Balaban J connectivity index is 0.000000233. The van der Waals surface area contributed by atoms with Crippen LogP contribution in [0.4, 0.5) is 0 Å². The third kappa shape index (κ3) is 9.58. The Morgan fingerprint density at radius 3 is 2.06 bits per heavy atom. The first kappa shape index (κ1) is 45.3. The van der Waals surface area contributed by atoms with Crippen molar-refractivity contribution in [3.63, 3.8) is 0 Å². The number of pyridine rings is 1. The van der Waals surface area contributed by atoms with E-state index in [0.29, 0.717) is 17.8 Å². The number of hydrogen-bond acceptors (Lipinski definition) is 4. The molecule has 0 aliphatic carbocycles. The summed E-state index contributed by atoms with van der Waals surface area (Å²) < 4.78 is 3.65. The van der Waals surface area contributed by atoms with Crippen molar-refractivity contribution in [1.82, 2.24) is 14.5 Å². The molecule has 0 saturated heterocycles. The maximum Gasteiger partial charge on any atom is 0.0798 e. The van der Waals surface area contributed by atoms with Crippen molar-refractivity contribution in [1.29, 1.82) is 0 Å².